The van der Waals surface area contributed by atoms with Gasteiger partial charge in [0.05, 0.1) is 10.6 Å². The minimum atomic E-state index is -0.832. The number of anilines is 1. The molecule has 11 heteroatoms. The number of amides is 1. The molecule has 0 bridgehead atoms. The van der Waals surface area contributed by atoms with Crippen molar-refractivity contribution >= 4 is 34.6 Å². The van der Waals surface area contributed by atoms with Crippen molar-refractivity contribution in [3.8, 4) is 0 Å². The second kappa shape index (κ2) is 6.58. The molecule has 1 aromatic carbocycles. The minimum absolute atomic E-state index is 0.0938. The first kappa shape index (κ1) is 17.3. The predicted molar refractivity (Wildman–Crippen MR) is 87.7 cm³/mol. The van der Waals surface area contributed by atoms with E-state index < -0.39 is 22.3 Å². The van der Waals surface area contributed by atoms with Crippen LogP contribution in [0.1, 0.15) is 16.2 Å². The molecule has 0 unspecified atom stereocenters. The SMILES string of the molecule is Cc1nn(C)c(C(=O)NN(C(N)=S)c2ccc(F)cc2)c1[N+](=O)[O-]. The van der Waals surface area contributed by atoms with Gasteiger partial charge < -0.3 is 5.73 Å². The van der Waals surface area contributed by atoms with Gasteiger partial charge in [-0.25, -0.2) is 9.40 Å². The lowest BCUT2D eigenvalue weighted by molar-refractivity contribution is -0.385. The second-order valence-corrected chi connectivity index (χ2v) is 5.17. The number of nitrogens with two attached hydrogens (primary N) is 1. The lowest BCUT2D eigenvalue weighted by Gasteiger charge is -2.23. The quantitative estimate of drug-likeness (QED) is 0.483. The highest BCUT2D eigenvalue weighted by molar-refractivity contribution is 7.80. The van der Waals surface area contributed by atoms with Gasteiger partial charge in [0.1, 0.15) is 11.5 Å². The maximum Gasteiger partial charge on any atom is 0.322 e. The molecular formula is C13H13FN6O3S. The summed E-state index contributed by atoms with van der Waals surface area (Å²) in [7, 11) is 1.40. The molecule has 0 saturated heterocycles. The monoisotopic (exact) mass is 352 g/mol. The number of thiocarbonyl (C=S) groups is 1. The van der Waals surface area contributed by atoms with Crippen LogP contribution in [0.4, 0.5) is 15.8 Å². The molecule has 0 atom stereocenters. The van der Waals surface area contributed by atoms with E-state index in [0.717, 1.165) is 21.8 Å². The summed E-state index contributed by atoms with van der Waals surface area (Å²) in [6.45, 7) is 1.42. The molecule has 1 amide bonds. The Morgan fingerprint density at radius 3 is 2.54 bits per heavy atom. The number of hydrogen-bond donors (Lipinski definition) is 2. The van der Waals surface area contributed by atoms with E-state index in [1.807, 2.05) is 0 Å². The molecule has 0 spiro atoms. The van der Waals surface area contributed by atoms with Gasteiger partial charge in [0.15, 0.2) is 5.11 Å². The molecule has 2 aromatic rings. The highest BCUT2D eigenvalue weighted by Gasteiger charge is 2.30. The standard InChI is InChI=1S/C13H13FN6O3S/c1-7-10(20(22)23)11(18(2)16-7)12(21)17-19(13(15)24)9-5-3-8(14)4-6-9/h3-6H,1-2H3,(H2,15,24)(H,17,21). The Morgan fingerprint density at radius 1 is 1.46 bits per heavy atom. The van der Waals surface area contributed by atoms with Crippen LogP contribution in [0, 0.1) is 22.9 Å². The average molecular weight is 352 g/mol. The first-order valence-corrected chi connectivity index (χ1v) is 6.97. The minimum Gasteiger partial charge on any atom is -0.374 e. The molecule has 9 nitrogen and oxygen atoms in total. The van der Waals surface area contributed by atoms with E-state index in [4.69, 9.17) is 18.0 Å². The lowest BCUT2D eigenvalue weighted by atomic mass is 10.3. The summed E-state index contributed by atoms with van der Waals surface area (Å²) in [5.41, 5.74) is 7.63. The fourth-order valence-electron chi connectivity index (χ4n) is 2.11. The van der Waals surface area contributed by atoms with E-state index in [-0.39, 0.29) is 16.5 Å². The van der Waals surface area contributed by atoms with E-state index in [2.05, 4.69) is 10.5 Å². The molecule has 0 aliphatic carbocycles. The van der Waals surface area contributed by atoms with Crippen molar-refractivity contribution in [2.75, 3.05) is 5.01 Å². The van der Waals surface area contributed by atoms with E-state index in [9.17, 15) is 19.3 Å². The molecule has 126 valence electrons. The summed E-state index contributed by atoms with van der Waals surface area (Å²) in [4.78, 5) is 22.9. The van der Waals surface area contributed by atoms with Crippen molar-refractivity contribution in [2.45, 2.75) is 6.92 Å². The number of nitrogens with one attached hydrogen (secondary N) is 1. The van der Waals surface area contributed by atoms with Crippen LogP contribution in [-0.2, 0) is 7.05 Å². The molecule has 1 heterocycles. The van der Waals surface area contributed by atoms with Gasteiger partial charge in [-0.15, -0.1) is 0 Å². The normalized spacial score (nSPS) is 10.3. The van der Waals surface area contributed by atoms with Gasteiger partial charge in [-0.2, -0.15) is 5.10 Å². The van der Waals surface area contributed by atoms with Crippen LogP contribution in [-0.4, -0.2) is 25.7 Å². The number of rotatable bonds is 3. The Kier molecular flexibility index (Phi) is 4.74. The zero-order valence-electron chi connectivity index (χ0n) is 12.7. The number of aryl methyl sites for hydroxylation is 2. The second-order valence-electron chi connectivity index (χ2n) is 4.75. The number of hydrogen-bond acceptors (Lipinski definition) is 5. The maximum atomic E-state index is 13.0. The molecule has 2 rings (SSSR count). The third-order valence-corrected chi connectivity index (χ3v) is 3.29. The molecular weight excluding hydrogens is 339 g/mol. The van der Waals surface area contributed by atoms with Gasteiger partial charge in [0.2, 0.25) is 5.69 Å². The zero-order chi connectivity index (χ0) is 18.0. The van der Waals surface area contributed by atoms with E-state index in [0.29, 0.717) is 5.69 Å². The molecule has 0 radical (unpaired) electrons. The fraction of sp³-hybridized carbons (Fsp3) is 0.154. The number of aromatic nitrogens is 2. The summed E-state index contributed by atoms with van der Waals surface area (Å²) in [6.07, 6.45) is 0. The number of halogens is 1. The molecule has 0 aliphatic rings. The molecule has 1 aromatic heterocycles. The first-order valence-electron chi connectivity index (χ1n) is 6.56. The van der Waals surface area contributed by atoms with Crippen molar-refractivity contribution < 1.29 is 14.1 Å². The van der Waals surface area contributed by atoms with Crippen LogP contribution >= 0.6 is 12.2 Å². The third kappa shape index (κ3) is 3.30. The van der Waals surface area contributed by atoms with Crippen LogP contribution in [0.15, 0.2) is 24.3 Å². The summed E-state index contributed by atoms with van der Waals surface area (Å²) in [5.74, 6) is -1.31. The highest BCUT2D eigenvalue weighted by Crippen LogP contribution is 2.22. The van der Waals surface area contributed by atoms with Crippen molar-refractivity contribution in [3.63, 3.8) is 0 Å². The third-order valence-electron chi connectivity index (χ3n) is 3.11. The smallest absolute Gasteiger partial charge is 0.322 e. The number of nitro groups is 1. The Balaban J connectivity index is 2.38. The van der Waals surface area contributed by atoms with Crippen LogP contribution < -0.4 is 16.2 Å². The van der Waals surface area contributed by atoms with E-state index in [1.165, 1.54) is 26.1 Å². The van der Waals surface area contributed by atoms with Gasteiger partial charge in [-0.1, -0.05) is 0 Å². The average Bonchev–Trinajstić information content (AvgIpc) is 2.80. The Hall–Kier alpha value is -3.08. The van der Waals surface area contributed by atoms with Crippen molar-refractivity contribution in [2.24, 2.45) is 12.8 Å². The molecule has 3 N–H and O–H groups in total. The summed E-state index contributed by atoms with van der Waals surface area (Å²) in [6, 6.07) is 5.00. The first-order chi connectivity index (χ1) is 11.2. The van der Waals surface area contributed by atoms with E-state index in [1.54, 1.807) is 0 Å². The maximum absolute atomic E-state index is 13.0. The van der Waals surface area contributed by atoms with Crippen LogP contribution in [0.5, 0.6) is 0 Å². The van der Waals surface area contributed by atoms with Gasteiger partial charge in [0, 0.05) is 7.05 Å². The predicted octanol–water partition coefficient (Wildman–Crippen LogP) is 1.17. The van der Waals surface area contributed by atoms with Gasteiger partial charge in [0.25, 0.3) is 5.91 Å². The highest BCUT2D eigenvalue weighted by atomic mass is 32.1. The number of carbonyl (C=O) groups excluding carboxylic acids is 1. The molecule has 0 saturated carbocycles. The summed E-state index contributed by atoms with van der Waals surface area (Å²) >= 11 is 4.86. The van der Waals surface area contributed by atoms with Gasteiger partial charge in [-0.05, 0) is 43.4 Å². The van der Waals surface area contributed by atoms with Gasteiger partial charge in [-0.3, -0.25) is 25.0 Å². The van der Waals surface area contributed by atoms with E-state index >= 15 is 0 Å². The number of carbonyl (C=O) groups is 1. The molecule has 0 fully saturated rings. The lowest BCUT2D eigenvalue weighted by Crippen LogP contribution is -2.49. The fourth-order valence-corrected chi connectivity index (χ4v) is 2.26. The topological polar surface area (TPSA) is 119 Å². The number of benzene rings is 1. The zero-order valence-corrected chi connectivity index (χ0v) is 13.5. The summed E-state index contributed by atoms with van der Waals surface area (Å²) < 4.78 is 14.1. The van der Waals surface area contributed by atoms with Crippen molar-refractivity contribution in [3.05, 3.63) is 51.6 Å². The number of nitrogens with zero attached hydrogens (tertiary/aromatic N) is 4. The van der Waals surface area contributed by atoms with Crippen LogP contribution in [0.2, 0.25) is 0 Å². The van der Waals surface area contributed by atoms with Crippen LogP contribution in [0.25, 0.3) is 0 Å². The van der Waals surface area contributed by atoms with Crippen molar-refractivity contribution in [1.29, 1.82) is 0 Å². The Labute approximate surface area is 141 Å². The van der Waals surface area contributed by atoms with Crippen molar-refractivity contribution in [1.82, 2.24) is 15.2 Å². The largest absolute Gasteiger partial charge is 0.374 e. The molecule has 24 heavy (non-hydrogen) atoms. The van der Waals surface area contributed by atoms with Crippen LogP contribution in [0.3, 0.4) is 0 Å². The van der Waals surface area contributed by atoms with Gasteiger partial charge >= 0.3 is 5.69 Å². The Morgan fingerprint density at radius 2 is 2.04 bits per heavy atom. The Bertz CT molecular complexity index is 820. The molecule has 0 aliphatic heterocycles. The summed E-state index contributed by atoms with van der Waals surface area (Å²) in [5, 5.41) is 15.8. The number of hydrazine groups is 1.